The number of rotatable bonds is 5. The summed E-state index contributed by atoms with van der Waals surface area (Å²) in [5.41, 5.74) is 3.82. The molecule has 1 fully saturated rings. The Morgan fingerprint density at radius 2 is 1.89 bits per heavy atom. The number of carbonyl (C=O) groups excluding carboxylic acids is 3. The second kappa shape index (κ2) is 11.1. The van der Waals surface area contributed by atoms with E-state index in [1.807, 2.05) is 36.4 Å². The van der Waals surface area contributed by atoms with Crippen molar-refractivity contribution in [3.05, 3.63) is 65.4 Å². The number of aromatic amines is 1. The molecule has 0 bridgehead atoms. The molecule has 3 aliphatic rings. The molecule has 3 aliphatic heterocycles. The zero-order valence-electron chi connectivity index (χ0n) is 26.3. The van der Waals surface area contributed by atoms with Gasteiger partial charge in [0.05, 0.1) is 17.5 Å². The lowest BCUT2D eigenvalue weighted by Gasteiger charge is -2.38. The molecule has 4 heterocycles. The fourth-order valence-corrected chi connectivity index (χ4v) is 7.60. The van der Waals surface area contributed by atoms with Crippen molar-refractivity contribution >= 4 is 34.3 Å². The Bertz CT molecular complexity index is 1660. The predicted octanol–water partition coefficient (Wildman–Crippen LogP) is 4.58. The number of aromatic nitrogens is 1. The number of likely N-dealkylation sites (tertiary alicyclic amines) is 1. The number of para-hydroxylation sites is 2. The summed E-state index contributed by atoms with van der Waals surface area (Å²) < 4.78 is 0. The number of fused-ring (bicyclic) bond motifs is 5. The van der Waals surface area contributed by atoms with Gasteiger partial charge in [-0.25, -0.2) is 0 Å². The maximum Gasteiger partial charge on any atom is 0.246 e. The Balaban J connectivity index is 1.28. The van der Waals surface area contributed by atoms with Crippen molar-refractivity contribution in [3.8, 4) is 6.07 Å². The average molecular weight is 595 g/mol. The van der Waals surface area contributed by atoms with Crippen molar-refractivity contribution in [2.75, 3.05) is 25.5 Å². The van der Waals surface area contributed by atoms with Gasteiger partial charge in [-0.05, 0) is 54.5 Å². The fraction of sp³-hybridized carbons (Fsp3) is 0.486. The van der Waals surface area contributed by atoms with Crippen LogP contribution in [-0.4, -0.2) is 75.7 Å². The maximum atomic E-state index is 14.5. The third-order valence-electron chi connectivity index (χ3n) is 9.88. The summed E-state index contributed by atoms with van der Waals surface area (Å²) in [5.74, 6) is -0.543. The van der Waals surface area contributed by atoms with Gasteiger partial charge in [-0.2, -0.15) is 5.26 Å². The van der Waals surface area contributed by atoms with Crippen molar-refractivity contribution in [2.24, 2.45) is 5.41 Å². The van der Waals surface area contributed by atoms with Gasteiger partial charge in [-0.1, -0.05) is 64.1 Å². The Morgan fingerprint density at radius 1 is 1.16 bits per heavy atom. The lowest BCUT2D eigenvalue weighted by molar-refractivity contribution is -0.149. The topological polar surface area (TPSA) is 113 Å². The van der Waals surface area contributed by atoms with Crippen molar-refractivity contribution in [1.29, 1.82) is 5.26 Å². The molecule has 1 spiro atoms. The number of nitrogens with one attached hydrogen (secondary N) is 2. The number of amides is 3. The average Bonchev–Trinajstić information content (AvgIpc) is 3.61. The van der Waals surface area contributed by atoms with E-state index < -0.39 is 17.5 Å². The molecular formula is C35H42N6O3. The van der Waals surface area contributed by atoms with E-state index in [4.69, 9.17) is 0 Å². The minimum absolute atomic E-state index is 0.0877. The largest absolute Gasteiger partial charge is 0.357 e. The molecule has 0 radical (unpaired) electrons. The number of likely N-dealkylation sites (N-methyl/N-ethyl adjacent to an activating group) is 2. The molecule has 44 heavy (non-hydrogen) atoms. The van der Waals surface area contributed by atoms with Crippen molar-refractivity contribution in [2.45, 2.75) is 83.5 Å². The summed E-state index contributed by atoms with van der Waals surface area (Å²) in [7, 11) is 1.73. The molecule has 3 aromatic rings. The smallest absolute Gasteiger partial charge is 0.246 e. The highest BCUT2D eigenvalue weighted by molar-refractivity contribution is 6.07. The van der Waals surface area contributed by atoms with Gasteiger partial charge in [0.1, 0.15) is 12.1 Å². The number of nitriles is 1. The number of nitrogens with zero attached hydrogens (tertiary/aromatic N) is 4. The van der Waals surface area contributed by atoms with Gasteiger partial charge in [-0.3, -0.25) is 19.3 Å². The molecule has 9 heteroatoms. The minimum atomic E-state index is -0.975. The van der Waals surface area contributed by atoms with Crippen molar-refractivity contribution < 1.29 is 14.4 Å². The number of aryl methyl sites for hydroxylation is 1. The van der Waals surface area contributed by atoms with E-state index in [9.17, 15) is 19.6 Å². The molecular weight excluding hydrogens is 552 g/mol. The summed E-state index contributed by atoms with van der Waals surface area (Å²) in [6.45, 7) is 9.67. The third kappa shape index (κ3) is 4.95. The fourth-order valence-electron chi connectivity index (χ4n) is 7.60. The van der Waals surface area contributed by atoms with Crippen LogP contribution in [0.5, 0.6) is 0 Å². The standard InChI is InChI=1S/C35H42N6O3/c1-6-40-20-28-24(23-11-7-9-13-26(23)37-28)15-16-29(40)31(42)39(5)30(18-34(2,3)4)32(43)41-21-35(17-22(41)19-36)25-12-8-10-14-27(25)38-33(35)44/h7-14,22,29-30,37H,6,15-18,20-21H2,1-5H3,(H,38,44)/t22-,29-,30-,35-/m0/s1. The maximum absolute atomic E-state index is 14.5. The number of hydrogen-bond donors (Lipinski definition) is 2. The highest BCUT2D eigenvalue weighted by atomic mass is 16.2. The Kier molecular flexibility index (Phi) is 7.53. The first-order chi connectivity index (χ1) is 21.0. The van der Waals surface area contributed by atoms with Gasteiger partial charge < -0.3 is 20.1 Å². The monoisotopic (exact) mass is 594 g/mol. The van der Waals surface area contributed by atoms with Crippen LogP contribution in [0.25, 0.3) is 10.9 Å². The Morgan fingerprint density at radius 3 is 2.61 bits per heavy atom. The van der Waals surface area contributed by atoms with Crippen LogP contribution in [0.1, 0.15) is 63.8 Å². The second-order valence-corrected chi connectivity index (χ2v) is 13.9. The zero-order valence-corrected chi connectivity index (χ0v) is 26.3. The van der Waals surface area contributed by atoms with Crippen LogP contribution in [-0.2, 0) is 32.8 Å². The van der Waals surface area contributed by atoms with Gasteiger partial charge in [-0.15, -0.1) is 0 Å². The summed E-state index contributed by atoms with van der Waals surface area (Å²) in [6, 6.07) is 16.2. The van der Waals surface area contributed by atoms with E-state index >= 15 is 0 Å². The van der Waals surface area contributed by atoms with E-state index in [1.54, 1.807) is 16.8 Å². The third-order valence-corrected chi connectivity index (χ3v) is 9.88. The Hall–Kier alpha value is -4.16. The highest BCUT2D eigenvalue weighted by Gasteiger charge is 2.57. The van der Waals surface area contributed by atoms with Gasteiger partial charge in [0.2, 0.25) is 17.7 Å². The first kappa shape index (κ1) is 29.9. The molecule has 0 unspecified atom stereocenters. The van der Waals surface area contributed by atoms with E-state index in [2.05, 4.69) is 61.1 Å². The van der Waals surface area contributed by atoms with Crippen LogP contribution in [0, 0.1) is 16.7 Å². The number of hydrogen-bond acceptors (Lipinski definition) is 5. The predicted molar refractivity (Wildman–Crippen MR) is 170 cm³/mol. The molecule has 1 saturated heterocycles. The molecule has 2 N–H and O–H groups in total. The molecule has 0 aliphatic carbocycles. The van der Waals surface area contributed by atoms with Gasteiger partial charge in [0.15, 0.2) is 0 Å². The number of carbonyl (C=O) groups is 3. The quantitative estimate of drug-likeness (QED) is 0.449. The van der Waals surface area contributed by atoms with E-state index in [-0.39, 0.29) is 42.1 Å². The van der Waals surface area contributed by atoms with E-state index in [1.165, 1.54) is 10.9 Å². The molecule has 4 atom stereocenters. The first-order valence-electron chi connectivity index (χ1n) is 15.7. The molecule has 230 valence electrons. The van der Waals surface area contributed by atoms with Crippen molar-refractivity contribution in [3.63, 3.8) is 0 Å². The molecule has 1 aromatic heterocycles. The molecule has 0 saturated carbocycles. The van der Waals surface area contributed by atoms with Crippen LogP contribution in [0.3, 0.4) is 0 Å². The van der Waals surface area contributed by atoms with E-state index in [0.29, 0.717) is 25.9 Å². The van der Waals surface area contributed by atoms with Crippen molar-refractivity contribution in [1.82, 2.24) is 19.7 Å². The number of H-pyrrole nitrogens is 1. The molecule has 6 rings (SSSR count). The number of anilines is 1. The van der Waals surface area contributed by atoms with E-state index in [0.717, 1.165) is 28.9 Å². The van der Waals surface area contributed by atoms with Crippen LogP contribution < -0.4 is 5.32 Å². The second-order valence-electron chi connectivity index (χ2n) is 13.9. The van der Waals surface area contributed by atoms with Crippen LogP contribution in [0.2, 0.25) is 0 Å². The molecule has 9 nitrogen and oxygen atoms in total. The summed E-state index contributed by atoms with van der Waals surface area (Å²) >= 11 is 0. The number of benzene rings is 2. The lowest BCUT2D eigenvalue weighted by atomic mass is 9.80. The zero-order chi connectivity index (χ0) is 31.4. The molecule has 2 aromatic carbocycles. The Labute approximate surface area is 259 Å². The summed E-state index contributed by atoms with van der Waals surface area (Å²) in [4.78, 5) is 51.2. The van der Waals surface area contributed by atoms with Crippen LogP contribution >= 0.6 is 0 Å². The van der Waals surface area contributed by atoms with Gasteiger partial charge >= 0.3 is 0 Å². The first-order valence-corrected chi connectivity index (χ1v) is 15.7. The molecule has 3 amide bonds. The van der Waals surface area contributed by atoms with Gasteiger partial charge in [0.25, 0.3) is 0 Å². The summed E-state index contributed by atoms with van der Waals surface area (Å²) in [6.07, 6.45) is 2.07. The normalized spacial score (nSPS) is 24.0. The SMILES string of the molecule is CCN1Cc2[nH]c3ccccc3c2CC[C@H]1C(=O)N(C)[C@@H](CC(C)(C)C)C(=O)N1C[C@]2(C[C@H]1C#N)C(=O)Nc1ccccc12. The minimum Gasteiger partial charge on any atom is -0.357 e. The van der Waals surface area contributed by atoms with Crippen LogP contribution in [0.15, 0.2) is 48.5 Å². The van der Waals surface area contributed by atoms with Gasteiger partial charge in [0, 0.05) is 48.8 Å². The lowest BCUT2D eigenvalue weighted by Crippen LogP contribution is -2.56. The summed E-state index contributed by atoms with van der Waals surface area (Å²) in [5, 5.41) is 14.4. The highest BCUT2D eigenvalue weighted by Crippen LogP contribution is 2.46. The van der Waals surface area contributed by atoms with Crippen LogP contribution in [0.4, 0.5) is 5.69 Å².